The van der Waals surface area contributed by atoms with Crippen molar-refractivity contribution in [3.8, 4) is 5.75 Å². The summed E-state index contributed by atoms with van der Waals surface area (Å²) in [7, 11) is 2.07. The molecule has 0 aliphatic rings. The fourth-order valence-electron chi connectivity index (χ4n) is 2.79. The normalized spacial score (nSPS) is 11.5. The number of hydrogen-bond acceptors (Lipinski definition) is 4. The number of fused-ring (bicyclic) bond motifs is 1. The molecule has 0 saturated heterocycles. The predicted molar refractivity (Wildman–Crippen MR) is 101 cm³/mol. The molecule has 128 valence electrons. The number of ether oxygens (including phenoxy) is 1. The van der Waals surface area contributed by atoms with Crippen molar-refractivity contribution in [1.82, 2.24) is 14.5 Å². The van der Waals surface area contributed by atoms with Gasteiger partial charge in [0.05, 0.1) is 15.2 Å². The minimum atomic E-state index is 0.724. The molecule has 0 aliphatic heterocycles. The fraction of sp³-hybridized carbons (Fsp3) is 0.421. The topological polar surface area (TPSA) is 30.3 Å². The molecule has 0 radical (unpaired) electrons. The van der Waals surface area contributed by atoms with Crippen LogP contribution in [-0.4, -0.2) is 40.7 Å². The molecule has 0 amide bonds. The number of hydrogen-bond donors (Lipinski definition) is 0. The lowest BCUT2D eigenvalue weighted by atomic mass is 10.3. The van der Waals surface area contributed by atoms with E-state index in [1.807, 2.05) is 6.07 Å². The molecule has 3 rings (SSSR count). The standard InChI is InChI=1S/C19H25N3OS/c1-4-22(5-2)11-12-23-16-8-9-17-18(14-16)24-19(20-17)13-15-7-6-10-21(15)3/h6-10,14H,4-5,11-13H2,1-3H3. The predicted octanol–water partition coefficient (Wildman–Crippen LogP) is 3.95. The van der Waals surface area contributed by atoms with E-state index in [4.69, 9.17) is 9.72 Å². The van der Waals surface area contributed by atoms with Crippen molar-refractivity contribution in [1.29, 1.82) is 0 Å². The van der Waals surface area contributed by atoms with Crippen LogP contribution in [0.2, 0.25) is 0 Å². The van der Waals surface area contributed by atoms with Crippen molar-refractivity contribution in [2.45, 2.75) is 20.3 Å². The summed E-state index contributed by atoms with van der Waals surface area (Å²) < 4.78 is 9.26. The number of benzene rings is 1. The number of thiazole rings is 1. The van der Waals surface area contributed by atoms with Crippen LogP contribution in [0, 0.1) is 0 Å². The molecule has 0 spiro atoms. The smallest absolute Gasteiger partial charge is 0.120 e. The summed E-state index contributed by atoms with van der Waals surface area (Å²) in [5, 5.41) is 1.15. The van der Waals surface area contributed by atoms with Gasteiger partial charge in [-0.15, -0.1) is 11.3 Å². The first-order valence-corrected chi connectivity index (χ1v) is 9.36. The highest BCUT2D eigenvalue weighted by atomic mass is 32.1. The van der Waals surface area contributed by atoms with E-state index < -0.39 is 0 Å². The van der Waals surface area contributed by atoms with Crippen LogP contribution in [0.5, 0.6) is 5.75 Å². The zero-order valence-electron chi connectivity index (χ0n) is 14.7. The van der Waals surface area contributed by atoms with Gasteiger partial charge < -0.3 is 14.2 Å². The maximum atomic E-state index is 5.92. The minimum absolute atomic E-state index is 0.724. The first-order valence-electron chi connectivity index (χ1n) is 8.54. The summed E-state index contributed by atoms with van der Waals surface area (Å²) in [6, 6.07) is 10.4. The minimum Gasteiger partial charge on any atom is -0.492 e. The van der Waals surface area contributed by atoms with E-state index in [-0.39, 0.29) is 0 Å². The van der Waals surface area contributed by atoms with Gasteiger partial charge in [0.2, 0.25) is 0 Å². The Morgan fingerprint density at radius 1 is 1.21 bits per heavy atom. The van der Waals surface area contributed by atoms with Gasteiger partial charge >= 0.3 is 0 Å². The lowest BCUT2D eigenvalue weighted by Gasteiger charge is -2.17. The van der Waals surface area contributed by atoms with E-state index in [0.29, 0.717) is 0 Å². The molecule has 4 nitrogen and oxygen atoms in total. The third-order valence-corrected chi connectivity index (χ3v) is 5.38. The second kappa shape index (κ2) is 7.81. The molecule has 2 aromatic heterocycles. The van der Waals surface area contributed by atoms with Crippen molar-refractivity contribution in [2.75, 3.05) is 26.2 Å². The Hall–Kier alpha value is -1.85. The van der Waals surface area contributed by atoms with Gasteiger partial charge in [-0.3, -0.25) is 0 Å². The zero-order chi connectivity index (χ0) is 16.9. The van der Waals surface area contributed by atoms with Gasteiger partial charge in [0, 0.05) is 31.9 Å². The summed E-state index contributed by atoms with van der Waals surface area (Å²) >= 11 is 1.75. The van der Waals surface area contributed by atoms with Gasteiger partial charge in [-0.2, -0.15) is 0 Å². The maximum Gasteiger partial charge on any atom is 0.120 e. The van der Waals surface area contributed by atoms with Gasteiger partial charge in [0.25, 0.3) is 0 Å². The van der Waals surface area contributed by atoms with Crippen LogP contribution in [0.3, 0.4) is 0 Å². The summed E-state index contributed by atoms with van der Waals surface area (Å²) in [4.78, 5) is 7.11. The molecule has 3 aromatic rings. The van der Waals surface area contributed by atoms with E-state index >= 15 is 0 Å². The van der Waals surface area contributed by atoms with Crippen molar-refractivity contribution in [3.05, 3.63) is 47.2 Å². The second-order valence-corrected chi connectivity index (χ2v) is 7.01. The highest BCUT2D eigenvalue weighted by molar-refractivity contribution is 7.18. The molecule has 0 atom stereocenters. The van der Waals surface area contributed by atoms with Crippen molar-refractivity contribution >= 4 is 21.6 Å². The summed E-state index contributed by atoms with van der Waals surface area (Å²) in [5.41, 5.74) is 2.34. The van der Waals surface area contributed by atoms with Crippen LogP contribution < -0.4 is 4.74 Å². The van der Waals surface area contributed by atoms with E-state index in [9.17, 15) is 0 Å². The van der Waals surface area contributed by atoms with Crippen molar-refractivity contribution in [2.24, 2.45) is 7.05 Å². The van der Waals surface area contributed by atoms with Crippen molar-refractivity contribution < 1.29 is 4.74 Å². The van der Waals surface area contributed by atoms with Crippen LogP contribution in [0.1, 0.15) is 24.5 Å². The number of aryl methyl sites for hydroxylation is 1. The van der Waals surface area contributed by atoms with Crippen LogP contribution >= 0.6 is 11.3 Å². The Morgan fingerprint density at radius 3 is 2.75 bits per heavy atom. The van der Waals surface area contributed by atoms with Crippen LogP contribution in [0.25, 0.3) is 10.2 Å². The van der Waals surface area contributed by atoms with E-state index in [1.165, 1.54) is 10.4 Å². The fourth-order valence-corrected chi connectivity index (χ4v) is 3.80. The molecule has 0 fully saturated rings. The average molecular weight is 343 g/mol. The molecule has 1 aromatic carbocycles. The van der Waals surface area contributed by atoms with Gasteiger partial charge in [0.1, 0.15) is 12.4 Å². The zero-order valence-corrected chi connectivity index (χ0v) is 15.5. The Kier molecular flexibility index (Phi) is 5.53. The van der Waals surface area contributed by atoms with E-state index in [1.54, 1.807) is 11.3 Å². The molecule has 24 heavy (non-hydrogen) atoms. The number of likely N-dealkylation sites (N-methyl/N-ethyl adjacent to an activating group) is 1. The molecule has 0 saturated carbocycles. The number of rotatable bonds is 8. The Bertz CT molecular complexity index is 789. The highest BCUT2D eigenvalue weighted by Gasteiger charge is 2.08. The van der Waals surface area contributed by atoms with E-state index in [0.717, 1.165) is 48.9 Å². The number of aromatic nitrogens is 2. The van der Waals surface area contributed by atoms with Crippen LogP contribution in [0.15, 0.2) is 36.5 Å². The lowest BCUT2D eigenvalue weighted by molar-refractivity contribution is 0.223. The number of nitrogens with zero attached hydrogens (tertiary/aromatic N) is 3. The Morgan fingerprint density at radius 2 is 2.04 bits per heavy atom. The quantitative estimate of drug-likeness (QED) is 0.620. The lowest BCUT2D eigenvalue weighted by Crippen LogP contribution is -2.27. The monoisotopic (exact) mass is 343 g/mol. The molecular weight excluding hydrogens is 318 g/mol. The first kappa shape index (κ1) is 17.0. The summed E-state index contributed by atoms with van der Waals surface area (Å²) in [6.45, 7) is 8.18. The van der Waals surface area contributed by atoms with Gasteiger partial charge in [0.15, 0.2) is 0 Å². The van der Waals surface area contributed by atoms with Gasteiger partial charge in [-0.1, -0.05) is 13.8 Å². The molecule has 0 bridgehead atoms. The van der Waals surface area contributed by atoms with Crippen LogP contribution in [0.4, 0.5) is 0 Å². The van der Waals surface area contributed by atoms with E-state index in [2.05, 4.69) is 60.8 Å². The average Bonchev–Trinajstić information content (AvgIpc) is 3.17. The third-order valence-electron chi connectivity index (χ3n) is 4.36. The molecule has 0 unspecified atom stereocenters. The second-order valence-electron chi connectivity index (χ2n) is 5.90. The van der Waals surface area contributed by atoms with Gasteiger partial charge in [-0.25, -0.2) is 4.98 Å². The van der Waals surface area contributed by atoms with Crippen molar-refractivity contribution in [3.63, 3.8) is 0 Å². The largest absolute Gasteiger partial charge is 0.492 e. The highest BCUT2D eigenvalue weighted by Crippen LogP contribution is 2.27. The Balaban J connectivity index is 1.66. The molecule has 5 heteroatoms. The molecule has 0 aliphatic carbocycles. The molecule has 2 heterocycles. The van der Waals surface area contributed by atoms with Crippen LogP contribution in [-0.2, 0) is 13.5 Å². The third kappa shape index (κ3) is 3.97. The maximum absolute atomic E-state index is 5.92. The SMILES string of the molecule is CCN(CC)CCOc1ccc2nc(Cc3cccn3C)sc2c1. The molecular formula is C19H25N3OS. The summed E-state index contributed by atoms with van der Waals surface area (Å²) in [5.74, 6) is 0.934. The first-order chi connectivity index (χ1) is 11.7. The molecule has 0 N–H and O–H groups in total. The van der Waals surface area contributed by atoms with Gasteiger partial charge in [-0.05, 0) is 43.4 Å². The Labute approximate surface area is 147 Å². The summed E-state index contributed by atoms with van der Waals surface area (Å²) in [6.07, 6.45) is 2.95.